The number of aromatic nitrogens is 2. The van der Waals surface area contributed by atoms with Gasteiger partial charge in [-0.25, -0.2) is 10.5 Å². The van der Waals surface area contributed by atoms with E-state index in [9.17, 15) is 9.59 Å². The molecule has 3 N–H and O–H groups in total. The van der Waals surface area contributed by atoms with Crippen LogP contribution in [-0.2, 0) is 4.79 Å². The summed E-state index contributed by atoms with van der Waals surface area (Å²) in [6, 6.07) is 2.40. The summed E-state index contributed by atoms with van der Waals surface area (Å²) in [5, 5.41) is 4.08. The van der Waals surface area contributed by atoms with Gasteiger partial charge in [-0.05, 0) is 19.4 Å². The molecule has 0 saturated heterocycles. The number of carbonyl (C=O) groups is 1. The van der Waals surface area contributed by atoms with Crippen molar-refractivity contribution in [1.82, 2.24) is 15.2 Å². The zero-order valence-corrected chi connectivity index (χ0v) is 10.1. The molecule has 1 aromatic heterocycles. The SMILES string of the molecule is CCCCC(C(=O)NN)n1nc(C)ccc1=O. The summed E-state index contributed by atoms with van der Waals surface area (Å²) < 4.78 is 1.20. The highest BCUT2D eigenvalue weighted by Crippen LogP contribution is 2.12. The third kappa shape index (κ3) is 3.39. The average Bonchev–Trinajstić information content (AvgIpc) is 2.33. The lowest BCUT2D eigenvalue weighted by molar-refractivity contribution is -0.125. The van der Waals surface area contributed by atoms with Crippen LogP contribution in [0.2, 0.25) is 0 Å². The van der Waals surface area contributed by atoms with Gasteiger partial charge in [0.15, 0.2) is 0 Å². The Hall–Kier alpha value is -1.69. The summed E-state index contributed by atoms with van der Waals surface area (Å²) in [4.78, 5) is 23.3. The molecule has 0 saturated carbocycles. The van der Waals surface area contributed by atoms with E-state index in [0.29, 0.717) is 12.1 Å². The molecule has 0 fully saturated rings. The topological polar surface area (TPSA) is 90.0 Å². The number of nitrogens with zero attached hydrogens (tertiary/aromatic N) is 2. The van der Waals surface area contributed by atoms with E-state index < -0.39 is 11.9 Å². The van der Waals surface area contributed by atoms with Crippen LogP contribution in [0.1, 0.15) is 37.9 Å². The Morgan fingerprint density at radius 1 is 1.59 bits per heavy atom. The molecule has 17 heavy (non-hydrogen) atoms. The molecule has 6 nitrogen and oxygen atoms in total. The molecule has 1 aromatic rings. The van der Waals surface area contributed by atoms with Crippen LogP contribution < -0.4 is 16.8 Å². The molecular formula is C11H18N4O2. The molecule has 6 heteroatoms. The van der Waals surface area contributed by atoms with Crippen molar-refractivity contribution in [2.45, 2.75) is 39.2 Å². The van der Waals surface area contributed by atoms with Crippen molar-refractivity contribution in [1.29, 1.82) is 0 Å². The van der Waals surface area contributed by atoms with Crippen molar-refractivity contribution in [2.75, 3.05) is 0 Å². The third-order valence-electron chi connectivity index (χ3n) is 2.53. The van der Waals surface area contributed by atoms with Crippen molar-refractivity contribution < 1.29 is 4.79 Å². The normalized spacial score (nSPS) is 12.2. The van der Waals surface area contributed by atoms with Gasteiger partial charge in [0.25, 0.3) is 11.5 Å². The van der Waals surface area contributed by atoms with E-state index in [4.69, 9.17) is 5.84 Å². The van der Waals surface area contributed by atoms with Gasteiger partial charge in [0.1, 0.15) is 6.04 Å². The van der Waals surface area contributed by atoms with E-state index in [1.54, 1.807) is 13.0 Å². The largest absolute Gasteiger partial charge is 0.292 e. The van der Waals surface area contributed by atoms with E-state index in [-0.39, 0.29) is 5.56 Å². The molecule has 0 aliphatic heterocycles. The summed E-state index contributed by atoms with van der Waals surface area (Å²) in [5.74, 6) is 4.74. The van der Waals surface area contributed by atoms with Gasteiger partial charge in [-0.15, -0.1) is 0 Å². The number of hydrogen-bond acceptors (Lipinski definition) is 4. The fraction of sp³-hybridized carbons (Fsp3) is 0.545. The Bertz CT molecular complexity index is 441. The predicted octanol–water partition coefficient (Wildman–Crippen LogP) is 0.273. The molecule has 94 valence electrons. The van der Waals surface area contributed by atoms with Crippen LogP contribution in [0.4, 0.5) is 0 Å². The molecule has 1 heterocycles. The van der Waals surface area contributed by atoms with Gasteiger partial charge in [0.2, 0.25) is 0 Å². The first-order valence-electron chi connectivity index (χ1n) is 5.67. The molecular weight excluding hydrogens is 220 g/mol. The van der Waals surface area contributed by atoms with Gasteiger partial charge in [-0.1, -0.05) is 19.8 Å². The van der Waals surface area contributed by atoms with Crippen LogP contribution in [0.5, 0.6) is 0 Å². The molecule has 0 aliphatic carbocycles. The molecule has 0 spiro atoms. The van der Waals surface area contributed by atoms with Gasteiger partial charge in [0.05, 0.1) is 5.69 Å². The first-order valence-corrected chi connectivity index (χ1v) is 5.67. The first kappa shape index (κ1) is 13.4. The zero-order valence-electron chi connectivity index (χ0n) is 10.1. The highest BCUT2D eigenvalue weighted by molar-refractivity contribution is 5.79. The molecule has 1 rings (SSSR count). The summed E-state index contributed by atoms with van der Waals surface area (Å²) in [6.07, 6.45) is 2.32. The van der Waals surface area contributed by atoms with Crippen LogP contribution in [0.25, 0.3) is 0 Å². The van der Waals surface area contributed by atoms with Gasteiger partial charge in [-0.3, -0.25) is 15.0 Å². The second-order valence-electron chi connectivity index (χ2n) is 3.92. The number of nitrogens with two attached hydrogens (primary N) is 1. The van der Waals surface area contributed by atoms with Crippen molar-refractivity contribution in [3.63, 3.8) is 0 Å². The number of nitrogens with one attached hydrogen (secondary N) is 1. The second kappa shape index (κ2) is 6.15. The number of unbranched alkanes of at least 4 members (excludes halogenated alkanes) is 1. The minimum atomic E-state index is -0.632. The van der Waals surface area contributed by atoms with E-state index in [1.807, 2.05) is 6.92 Å². The van der Waals surface area contributed by atoms with Crippen LogP contribution >= 0.6 is 0 Å². The molecule has 1 unspecified atom stereocenters. The maximum atomic E-state index is 11.7. The number of hydrazine groups is 1. The number of rotatable bonds is 5. The highest BCUT2D eigenvalue weighted by atomic mass is 16.2. The lowest BCUT2D eigenvalue weighted by atomic mass is 10.1. The highest BCUT2D eigenvalue weighted by Gasteiger charge is 2.21. The van der Waals surface area contributed by atoms with Crippen LogP contribution in [0, 0.1) is 6.92 Å². The van der Waals surface area contributed by atoms with Crippen molar-refractivity contribution in [3.8, 4) is 0 Å². The zero-order chi connectivity index (χ0) is 12.8. The summed E-state index contributed by atoms with van der Waals surface area (Å²) in [5.41, 5.74) is 2.48. The number of hydrogen-bond donors (Lipinski definition) is 2. The quantitative estimate of drug-likeness (QED) is 0.438. The van der Waals surface area contributed by atoms with E-state index >= 15 is 0 Å². The third-order valence-corrected chi connectivity index (χ3v) is 2.53. The summed E-state index contributed by atoms with van der Waals surface area (Å²) in [7, 11) is 0. The van der Waals surface area contributed by atoms with Crippen molar-refractivity contribution in [2.24, 2.45) is 5.84 Å². The average molecular weight is 238 g/mol. The lowest BCUT2D eigenvalue weighted by Gasteiger charge is -2.16. The second-order valence-corrected chi connectivity index (χ2v) is 3.92. The summed E-state index contributed by atoms with van der Waals surface area (Å²) in [6.45, 7) is 3.79. The summed E-state index contributed by atoms with van der Waals surface area (Å²) >= 11 is 0. The fourth-order valence-electron chi connectivity index (χ4n) is 1.60. The van der Waals surface area contributed by atoms with Crippen LogP contribution in [0.3, 0.4) is 0 Å². The van der Waals surface area contributed by atoms with Crippen molar-refractivity contribution in [3.05, 3.63) is 28.2 Å². The molecule has 0 aromatic carbocycles. The van der Waals surface area contributed by atoms with Gasteiger partial charge in [-0.2, -0.15) is 5.10 Å². The molecule has 0 bridgehead atoms. The number of amides is 1. The molecule has 1 amide bonds. The maximum absolute atomic E-state index is 11.7. The Balaban J connectivity index is 3.07. The Kier molecular flexibility index (Phi) is 4.84. The lowest BCUT2D eigenvalue weighted by Crippen LogP contribution is -2.41. The standard InChI is InChI=1S/C11H18N4O2/c1-3-4-5-9(11(17)13-12)15-10(16)7-6-8(2)14-15/h6-7,9H,3-5,12H2,1-2H3,(H,13,17). The molecule has 0 aliphatic rings. The van der Waals surface area contributed by atoms with E-state index in [2.05, 4.69) is 10.5 Å². The van der Waals surface area contributed by atoms with Crippen molar-refractivity contribution >= 4 is 5.91 Å². The fourth-order valence-corrected chi connectivity index (χ4v) is 1.60. The smallest absolute Gasteiger partial charge is 0.267 e. The Morgan fingerprint density at radius 3 is 2.88 bits per heavy atom. The predicted molar refractivity (Wildman–Crippen MR) is 64.1 cm³/mol. The minimum absolute atomic E-state index is 0.291. The number of carbonyl (C=O) groups excluding carboxylic acids is 1. The first-order chi connectivity index (χ1) is 8.10. The maximum Gasteiger partial charge on any atom is 0.267 e. The van der Waals surface area contributed by atoms with Gasteiger partial charge < -0.3 is 0 Å². The Labute approximate surface area is 99.8 Å². The molecule has 0 radical (unpaired) electrons. The van der Waals surface area contributed by atoms with E-state index in [0.717, 1.165) is 12.8 Å². The Morgan fingerprint density at radius 2 is 2.29 bits per heavy atom. The van der Waals surface area contributed by atoms with E-state index in [1.165, 1.54) is 10.7 Å². The minimum Gasteiger partial charge on any atom is -0.292 e. The molecule has 1 atom stereocenters. The van der Waals surface area contributed by atoms with Crippen LogP contribution in [-0.4, -0.2) is 15.7 Å². The number of aryl methyl sites for hydroxylation is 1. The monoisotopic (exact) mass is 238 g/mol. The van der Waals surface area contributed by atoms with Gasteiger partial charge >= 0.3 is 0 Å². The van der Waals surface area contributed by atoms with Crippen LogP contribution in [0.15, 0.2) is 16.9 Å². The van der Waals surface area contributed by atoms with Gasteiger partial charge in [0, 0.05) is 6.07 Å².